The monoisotopic (exact) mass is 319 g/mol. The standard InChI is InChI=1S/C15H17ClF3NO/c1-20(13-5-3-2-4-12(13)16)14(21)10-6-8-11(9-7-10)15(17,18)19/h6-9,12-13H,2-5H2,1H3. The van der Waals surface area contributed by atoms with Crippen LogP contribution in [0.3, 0.4) is 0 Å². The van der Waals surface area contributed by atoms with E-state index >= 15 is 0 Å². The molecule has 1 aliphatic carbocycles. The first-order chi connectivity index (χ1) is 9.80. The number of hydrogen-bond donors (Lipinski definition) is 0. The Hall–Kier alpha value is -1.23. The SMILES string of the molecule is CN(C(=O)c1ccc(C(F)(F)F)cc1)C1CCCCC1Cl. The maximum absolute atomic E-state index is 12.5. The molecule has 1 amide bonds. The lowest BCUT2D eigenvalue weighted by molar-refractivity contribution is -0.137. The van der Waals surface area contributed by atoms with Crippen molar-refractivity contribution in [1.82, 2.24) is 4.90 Å². The average Bonchev–Trinajstić information content (AvgIpc) is 2.45. The van der Waals surface area contributed by atoms with Crippen LogP contribution in [0, 0.1) is 0 Å². The third kappa shape index (κ3) is 3.70. The van der Waals surface area contributed by atoms with Crippen LogP contribution in [0.15, 0.2) is 24.3 Å². The van der Waals surface area contributed by atoms with Crippen molar-refractivity contribution < 1.29 is 18.0 Å². The highest BCUT2D eigenvalue weighted by Crippen LogP contribution is 2.30. The summed E-state index contributed by atoms with van der Waals surface area (Å²) < 4.78 is 37.5. The molecule has 1 aromatic carbocycles. The van der Waals surface area contributed by atoms with Gasteiger partial charge < -0.3 is 4.90 Å². The van der Waals surface area contributed by atoms with Crippen molar-refractivity contribution in [3.63, 3.8) is 0 Å². The van der Waals surface area contributed by atoms with Crippen molar-refractivity contribution in [2.24, 2.45) is 0 Å². The van der Waals surface area contributed by atoms with E-state index in [0.717, 1.165) is 37.8 Å². The van der Waals surface area contributed by atoms with Crippen LogP contribution in [0.25, 0.3) is 0 Å². The van der Waals surface area contributed by atoms with Crippen LogP contribution in [0.2, 0.25) is 0 Å². The molecule has 1 aliphatic rings. The second kappa shape index (κ2) is 6.26. The predicted octanol–water partition coefficient (Wildman–Crippen LogP) is 4.33. The molecule has 2 atom stereocenters. The summed E-state index contributed by atoms with van der Waals surface area (Å²) in [5.74, 6) is -0.290. The molecular weight excluding hydrogens is 303 g/mol. The van der Waals surface area contributed by atoms with E-state index in [1.807, 2.05) is 0 Å². The predicted molar refractivity (Wildman–Crippen MR) is 75.4 cm³/mol. The molecule has 0 saturated heterocycles. The van der Waals surface area contributed by atoms with Gasteiger partial charge in [-0.2, -0.15) is 13.2 Å². The van der Waals surface area contributed by atoms with Gasteiger partial charge in [0.1, 0.15) is 0 Å². The fraction of sp³-hybridized carbons (Fsp3) is 0.533. The summed E-state index contributed by atoms with van der Waals surface area (Å²) in [4.78, 5) is 13.9. The van der Waals surface area contributed by atoms with Gasteiger partial charge in [0.15, 0.2) is 0 Å². The number of nitrogens with zero attached hydrogens (tertiary/aromatic N) is 1. The molecule has 0 N–H and O–H groups in total. The summed E-state index contributed by atoms with van der Waals surface area (Å²) in [6, 6.07) is 4.23. The van der Waals surface area contributed by atoms with Crippen LogP contribution < -0.4 is 0 Å². The molecule has 2 nitrogen and oxygen atoms in total. The minimum Gasteiger partial charge on any atom is -0.337 e. The highest BCUT2D eigenvalue weighted by Gasteiger charge is 2.32. The molecule has 2 unspecified atom stereocenters. The van der Waals surface area contributed by atoms with Crippen LogP contribution in [0.5, 0.6) is 0 Å². The van der Waals surface area contributed by atoms with Crippen LogP contribution >= 0.6 is 11.6 Å². The van der Waals surface area contributed by atoms with Gasteiger partial charge in [0.05, 0.1) is 10.9 Å². The van der Waals surface area contributed by atoms with E-state index in [4.69, 9.17) is 11.6 Å². The molecule has 0 heterocycles. The van der Waals surface area contributed by atoms with E-state index in [1.54, 1.807) is 11.9 Å². The zero-order valence-corrected chi connectivity index (χ0v) is 12.4. The molecule has 1 fully saturated rings. The van der Waals surface area contributed by atoms with Gasteiger partial charge in [-0.15, -0.1) is 11.6 Å². The van der Waals surface area contributed by atoms with Gasteiger partial charge >= 0.3 is 6.18 Å². The lowest BCUT2D eigenvalue weighted by Crippen LogP contribution is -2.44. The average molecular weight is 320 g/mol. The molecule has 0 spiro atoms. The highest BCUT2D eigenvalue weighted by atomic mass is 35.5. The third-order valence-corrected chi connectivity index (χ3v) is 4.43. The second-order valence-corrected chi connectivity index (χ2v) is 5.92. The summed E-state index contributed by atoms with van der Waals surface area (Å²) >= 11 is 6.25. The Morgan fingerprint density at radius 1 is 1.19 bits per heavy atom. The fourth-order valence-corrected chi connectivity index (χ4v) is 3.11. The van der Waals surface area contributed by atoms with Crippen LogP contribution in [-0.2, 0) is 6.18 Å². The molecule has 1 aromatic rings. The van der Waals surface area contributed by atoms with E-state index in [9.17, 15) is 18.0 Å². The van der Waals surface area contributed by atoms with Crippen molar-refractivity contribution in [3.05, 3.63) is 35.4 Å². The number of halogens is 4. The molecular formula is C15H17ClF3NO. The Kier molecular flexibility index (Phi) is 4.81. The summed E-state index contributed by atoms with van der Waals surface area (Å²) in [5.41, 5.74) is -0.505. The van der Waals surface area contributed by atoms with E-state index in [0.29, 0.717) is 0 Å². The van der Waals surface area contributed by atoms with Crippen molar-refractivity contribution >= 4 is 17.5 Å². The molecule has 0 bridgehead atoms. The maximum atomic E-state index is 12.5. The summed E-state index contributed by atoms with van der Waals surface area (Å²) in [5, 5.41) is -0.0952. The largest absolute Gasteiger partial charge is 0.416 e. The molecule has 2 rings (SSSR count). The van der Waals surface area contributed by atoms with E-state index < -0.39 is 11.7 Å². The van der Waals surface area contributed by atoms with Crippen molar-refractivity contribution in [3.8, 4) is 0 Å². The third-order valence-electron chi connectivity index (χ3n) is 3.92. The molecule has 0 radical (unpaired) electrons. The molecule has 6 heteroatoms. The molecule has 21 heavy (non-hydrogen) atoms. The lowest BCUT2D eigenvalue weighted by atomic mass is 9.93. The van der Waals surface area contributed by atoms with Gasteiger partial charge in [-0.25, -0.2) is 0 Å². The van der Waals surface area contributed by atoms with Gasteiger partial charge in [0.2, 0.25) is 0 Å². The summed E-state index contributed by atoms with van der Waals surface area (Å²) in [6.45, 7) is 0. The van der Waals surface area contributed by atoms with E-state index in [2.05, 4.69) is 0 Å². The van der Waals surface area contributed by atoms with Crippen LogP contribution in [0.1, 0.15) is 41.6 Å². The number of rotatable bonds is 2. The Balaban J connectivity index is 2.12. The zero-order chi connectivity index (χ0) is 15.6. The van der Waals surface area contributed by atoms with Crippen molar-refractivity contribution in [2.75, 3.05) is 7.05 Å². The van der Waals surface area contributed by atoms with Crippen molar-refractivity contribution in [2.45, 2.75) is 43.3 Å². The molecule has 0 aromatic heterocycles. The minimum atomic E-state index is -4.39. The highest BCUT2D eigenvalue weighted by molar-refractivity contribution is 6.21. The maximum Gasteiger partial charge on any atom is 0.416 e. The van der Waals surface area contributed by atoms with Gasteiger partial charge in [0, 0.05) is 18.7 Å². The normalized spacial score (nSPS) is 22.9. The Morgan fingerprint density at radius 2 is 1.76 bits per heavy atom. The first kappa shape index (κ1) is 16.1. The van der Waals surface area contributed by atoms with Crippen molar-refractivity contribution in [1.29, 1.82) is 0 Å². The lowest BCUT2D eigenvalue weighted by Gasteiger charge is -2.35. The minimum absolute atomic E-state index is 0.0600. The Bertz CT molecular complexity index is 501. The number of amides is 1. The quantitative estimate of drug-likeness (QED) is 0.743. The van der Waals surface area contributed by atoms with Crippen LogP contribution in [-0.4, -0.2) is 29.3 Å². The Labute approximate surface area is 126 Å². The topological polar surface area (TPSA) is 20.3 Å². The molecule has 116 valence electrons. The fourth-order valence-electron chi connectivity index (χ4n) is 2.66. The number of hydrogen-bond acceptors (Lipinski definition) is 1. The number of benzene rings is 1. The molecule has 1 saturated carbocycles. The number of carbonyl (C=O) groups is 1. The summed E-state index contributed by atoms with van der Waals surface area (Å²) in [7, 11) is 1.66. The van der Waals surface area contributed by atoms with Crippen LogP contribution in [0.4, 0.5) is 13.2 Å². The second-order valence-electron chi connectivity index (χ2n) is 5.36. The number of alkyl halides is 4. The summed E-state index contributed by atoms with van der Waals surface area (Å²) in [6.07, 6.45) is -0.641. The zero-order valence-electron chi connectivity index (χ0n) is 11.7. The van der Waals surface area contributed by atoms with E-state index in [-0.39, 0.29) is 22.9 Å². The Morgan fingerprint density at radius 3 is 2.29 bits per heavy atom. The van der Waals surface area contributed by atoms with E-state index in [1.165, 1.54) is 12.1 Å². The smallest absolute Gasteiger partial charge is 0.337 e. The van der Waals surface area contributed by atoms with Gasteiger partial charge in [-0.3, -0.25) is 4.79 Å². The number of carbonyl (C=O) groups excluding carboxylic acids is 1. The first-order valence-corrected chi connectivity index (χ1v) is 7.33. The molecule has 0 aliphatic heterocycles. The van der Waals surface area contributed by atoms with Gasteiger partial charge in [-0.1, -0.05) is 12.8 Å². The van der Waals surface area contributed by atoms with Gasteiger partial charge in [0.25, 0.3) is 5.91 Å². The first-order valence-electron chi connectivity index (χ1n) is 6.89. The van der Waals surface area contributed by atoms with Gasteiger partial charge in [-0.05, 0) is 37.1 Å².